The number of halogens is 1. The van der Waals surface area contributed by atoms with Crippen LogP contribution in [0.1, 0.15) is 73.4 Å². The average molecular weight is 542 g/mol. The zero-order valence-electron chi connectivity index (χ0n) is 21.9. The van der Waals surface area contributed by atoms with Crippen molar-refractivity contribution in [3.63, 3.8) is 0 Å². The molecule has 2 heterocycles. The number of nitrogens with one attached hydrogen (secondary N) is 1. The van der Waals surface area contributed by atoms with E-state index >= 15 is 0 Å². The van der Waals surface area contributed by atoms with Gasteiger partial charge in [0.15, 0.2) is 0 Å². The summed E-state index contributed by atoms with van der Waals surface area (Å²) >= 11 is 7.87. The van der Waals surface area contributed by atoms with Crippen molar-refractivity contribution in [3.8, 4) is 0 Å². The van der Waals surface area contributed by atoms with Gasteiger partial charge in [-0.05, 0) is 51.3 Å². The Hall–Kier alpha value is -2.84. The van der Waals surface area contributed by atoms with Gasteiger partial charge in [0.25, 0.3) is 0 Å². The van der Waals surface area contributed by atoms with Crippen LogP contribution in [0.25, 0.3) is 0 Å². The second kappa shape index (κ2) is 14.2. The van der Waals surface area contributed by atoms with E-state index in [4.69, 9.17) is 16.6 Å². The van der Waals surface area contributed by atoms with Crippen molar-refractivity contribution in [3.05, 3.63) is 50.9 Å². The molecule has 0 radical (unpaired) electrons. The SMILES string of the molecule is C=N/N=C(/C)N1C[C@H](CC(=O)NCCCCCCCC=O)N=C(c2ccc(Cl)cc2)c2c1sc(C)c2C. The zero-order valence-corrected chi connectivity index (χ0v) is 23.5. The fourth-order valence-corrected chi connectivity index (χ4v) is 5.77. The minimum absolute atomic E-state index is 0.0142. The lowest BCUT2D eigenvalue weighted by Gasteiger charge is -2.24. The topological polar surface area (TPSA) is 86.5 Å². The van der Waals surface area contributed by atoms with Crippen LogP contribution < -0.4 is 10.2 Å². The predicted octanol–water partition coefficient (Wildman–Crippen LogP) is 6.12. The zero-order chi connectivity index (χ0) is 26.8. The lowest BCUT2D eigenvalue weighted by Crippen LogP contribution is -2.37. The monoisotopic (exact) mass is 541 g/mol. The van der Waals surface area contributed by atoms with E-state index in [1.54, 1.807) is 11.3 Å². The van der Waals surface area contributed by atoms with Gasteiger partial charge < -0.3 is 15.0 Å². The number of fused-ring (bicyclic) bond motifs is 1. The lowest BCUT2D eigenvalue weighted by atomic mass is 9.99. The number of amides is 1. The third-order valence-electron chi connectivity index (χ3n) is 6.52. The second-order valence-electron chi connectivity index (χ2n) is 9.28. The molecule has 1 aliphatic rings. The molecule has 1 atom stereocenters. The number of amidine groups is 1. The molecule has 1 aromatic carbocycles. The molecular weight excluding hydrogens is 506 g/mol. The molecule has 1 aromatic heterocycles. The molecule has 9 heteroatoms. The summed E-state index contributed by atoms with van der Waals surface area (Å²) in [6.45, 7) is 10.8. The number of anilines is 1. The Morgan fingerprint density at radius 3 is 2.62 bits per heavy atom. The van der Waals surface area contributed by atoms with Gasteiger partial charge in [0.2, 0.25) is 5.91 Å². The summed E-state index contributed by atoms with van der Waals surface area (Å²) in [7, 11) is 0. The first-order chi connectivity index (χ1) is 17.8. The van der Waals surface area contributed by atoms with Crippen molar-refractivity contribution in [1.82, 2.24) is 5.32 Å². The van der Waals surface area contributed by atoms with E-state index in [-0.39, 0.29) is 18.4 Å². The minimum Gasteiger partial charge on any atom is -0.356 e. The summed E-state index contributed by atoms with van der Waals surface area (Å²) in [5.41, 5.74) is 4.05. The Kier molecular flexibility index (Phi) is 11.0. The molecular formula is C28H36ClN5O2S. The lowest BCUT2D eigenvalue weighted by molar-refractivity contribution is -0.121. The van der Waals surface area contributed by atoms with Crippen molar-refractivity contribution in [1.29, 1.82) is 0 Å². The Balaban J connectivity index is 1.82. The fraction of sp³-hybridized carbons (Fsp3) is 0.464. The molecule has 1 aliphatic heterocycles. The summed E-state index contributed by atoms with van der Waals surface area (Å²) in [5.74, 6) is 0.699. The van der Waals surface area contributed by atoms with Gasteiger partial charge in [0.05, 0.1) is 18.2 Å². The largest absolute Gasteiger partial charge is 0.356 e. The number of unbranched alkanes of at least 4 members (excludes halogenated alkanes) is 5. The normalized spacial score (nSPS) is 15.6. The first-order valence-electron chi connectivity index (χ1n) is 12.8. The van der Waals surface area contributed by atoms with Crippen molar-refractivity contribution < 1.29 is 9.59 Å². The first kappa shape index (κ1) is 28.7. The number of aryl methyl sites for hydroxylation is 1. The van der Waals surface area contributed by atoms with E-state index in [0.29, 0.717) is 30.4 Å². The van der Waals surface area contributed by atoms with Crippen LogP contribution in [-0.2, 0) is 9.59 Å². The molecule has 7 nitrogen and oxygen atoms in total. The van der Waals surface area contributed by atoms with Crippen molar-refractivity contribution in [2.45, 2.75) is 71.8 Å². The Morgan fingerprint density at radius 2 is 1.92 bits per heavy atom. The Labute approximate surface area is 228 Å². The van der Waals surface area contributed by atoms with Crippen LogP contribution in [0, 0.1) is 13.8 Å². The van der Waals surface area contributed by atoms with Crippen LogP contribution in [0.4, 0.5) is 5.00 Å². The van der Waals surface area contributed by atoms with Gasteiger partial charge in [0.1, 0.15) is 17.1 Å². The van der Waals surface area contributed by atoms with E-state index in [9.17, 15) is 9.59 Å². The van der Waals surface area contributed by atoms with E-state index in [1.165, 1.54) is 4.88 Å². The summed E-state index contributed by atoms with van der Waals surface area (Å²) in [5, 5.41) is 12.7. The van der Waals surface area contributed by atoms with Gasteiger partial charge in [0, 0.05) is 47.3 Å². The highest BCUT2D eigenvalue weighted by Gasteiger charge is 2.31. The van der Waals surface area contributed by atoms with Crippen molar-refractivity contribution in [2.75, 3.05) is 18.0 Å². The summed E-state index contributed by atoms with van der Waals surface area (Å²) in [6, 6.07) is 7.41. The number of nitrogens with zero attached hydrogens (tertiary/aromatic N) is 4. The van der Waals surface area contributed by atoms with Crippen LogP contribution in [0.2, 0.25) is 5.02 Å². The molecule has 3 rings (SSSR count). The number of hydrogen-bond donors (Lipinski definition) is 1. The van der Waals surface area contributed by atoms with Crippen molar-refractivity contribution in [2.24, 2.45) is 15.2 Å². The smallest absolute Gasteiger partial charge is 0.222 e. The third-order valence-corrected chi connectivity index (χ3v) is 8.00. The number of aliphatic imine (C=N–C) groups is 1. The predicted molar refractivity (Wildman–Crippen MR) is 156 cm³/mol. The molecule has 0 aliphatic carbocycles. The number of carbonyl (C=O) groups excluding carboxylic acids is 2. The molecule has 0 fully saturated rings. The van der Waals surface area contributed by atoms with Crippen LogP contribution in [0.5, 0.6) is 0 Å². The number of hydrogen-bond acceptors (Lipinski definition) is 6. The molecule has 0 unspecified atom stereocenters. The van der Waals surface area contributed by atoms with Crippen molar-refractivity contribution >= 4 is 58.4 Å². The molecule has 0 spiro atoms. The first-order valence-corrected chi connectivity index (χ1v) is 14.0. The highest BCUT2D eigenvalue weighted by Crippen LogP contribution is 2.39. The van der Waals surface area contributed by atoms with Gasteiger partial charge in [-0.25, -0.2) is 0 Å². The molecule has 198 valence electrons. The van der Waals surface area contributed by atoms with E-state index in [2.05, 4.69) is 41.0 Å². The number of benzene rings is 1. The molecule has 0 saturated heterocycles. The maximum absolute atomic E-state index is 12.9. The average Bonchev–Trinajstić information content (AvgIpc) is 3.06. The van der Waals surface area contributed by atoms with Crippen LogP contribution in [-0.4, -0.2) is 49.6 Å². The maximum Gasteiger partial charge on any atom is 0.222 e. The maximum atomic E-state index is 12.9. The molecule has 0 saturated carbocycles. The van der Waals surface area contributed by atoms with Crippen LogP contribution >= 0.6 is 22.9 Å². The molecule has 1 N–H and O–H groups in total. The molecule has 37 heavy (non-hydrogen) atoms. The quantitative estimate of drug-likeness (QED) is 0.115. The van der Waals surface area contributed by atoms with Gasteiger partial charge in [-0.3, -0.25) is 9.79 Å². The van der Waals surface area contributed by atoms with E-state index < -0.39 is 0 Å². The minimum atomic E-state index is -0.275. The summed E-state index contributed by atoms with van der Waals surface area (Å²) in [6.07, 6.45) is 6.91. The standard InChI is InChI=1S/C28H36ClN5O2S/c1-19-20(2)37-28-26(19)27(22-11-13-23(29)14-12-22)32-24(18-34(28)21(3)33-30-4)17-25(36)31-15-9-7-5-6-8-10-16-35/h11-14,16,24H,4-10,15,17-18H2,1-3H3,(H,31,36)/b33-21-/t24-/m0/s1. The number of thiophene rings is 1. The fourth-order valence-electron chi connectivity index (χ4n) is 4.43. The van der Waals surface area contributed by atoms with Crippen LogP contribution in [0.15, 0.2) is 39.5 Å². The Morgan fingerprint density at radius 1 is 1.22 bits per heavy atom. The van der Waals surface area contributed by atoms with Crippen LogP contribution in [0.3, 0.4) is 0 Å². The second-order valence-corrected chi connectivity index (χ2v) is 10.9. The van der Waals surface area contributed by atoms with E-state index in [0.717, 1.165) is 65.8 Å². The van der Waals surface area contributed by atoms with Gasteiger partial charge in [-0.1, -0.05) is 43.0 Å². The third kappa shape index (κ3) is 7.82. The highest BCUT2D eigenvalue weighted by atomic mass is 35.5. The van der Waals surface area contributed by atoms with E-state index in [1.807, 2.05) is 31.2 Å². The molecule has 2 aromatic rings. The summed E-state index contributed by atoms with van der Waals surface area (Å²) < 4.78 is 0. The highest BCUT2D eigenvalue weighted by molar-refractivity contribution is 7.17. The number of rotatable bonds is 12. The van der Waals surface area contributed by atoms with Gasteiger partial charge in [-0.15, -0.1) is 16.4 Å². The molecule has 0 bridgehead atoms. The summed E-state index contributed by atoms with van der Waals surface area (Å²) in [4.78, 5) is 31.8. The molecule has 1 amide bonds. The van der Waals surface area contributed by atoms with Gasteiger partial charge >= 0.3 is 0 Å². The number of carbonyl (C=O) groups is 2. The Bertz CT molecular complexity index is 1160. The van der Waals surface area contributed by atoms with Gasteiger partial charge in [-0.2, -0.15) is 5.10 Å². The number of aldehydes is 1.